The molecule has 3 nitrogen and oxygen atoms in total. The summed E-state index contributed by atoms with van der Waals surface area (Å²) in [4.78, 5) is 4.24. The first-order valence-electron chi connectivity index (χ1n) is 6.52. The minimum atomic E-state index is 0.635. The van der Waals surface area contributed by atoms with E-state index < -0.39 is 0 Å². The molecule has 2 heterocycles. The van der Waals surface area contributed by atoms with Crippen molar-refractivity contribution in [2.45, 2.75) is 6.92 Å². The predicted molar refractivity (Wildman–Crippen MR) is 82.3 cm³/mol. The van der Waals surface area contributed by atoms with Crippen molar-refractivity contribution >= 4 is 22.5 Å². The number of pyridine rings is 1. The Morgan fingerprint density at radius 1 is 1.20 bits per heavy atom. The minimum absolute atomic E-state index is 0.635. The van der Waals surface area contributed by atoms with Crippen molar-refractivity contribution in [1.82, 2.24) is 9.55 Å². The van der Waals surface area contributed by atoms with Gasteiger partial charge in [-0.2, -0.15) is 0 Å². The number of fused-ring (bicyclic) bond motifs is 1. The van der Waals surface area contributed by atoms with Crippen LogP contribution in [0.4, 0.5) is 0 Å². The summed E-state index contributed by atoms with van der Waals surface area (Å²) in [7, 11) is 2.03. The Kier molecular flexibility index (Phi) is 3.36. The van der Waals surface area contributed by atoms with Gasteiger partial charge in [-0.25, -0.2) is 0 Å². The zero-order chi connectivity index (χ0) is 14.1. The van der Waals surface area contributed by atoms with Crippen LogP contribution in [0.15, 0.2) is 42.7 Å². The second kappa shape index (κ2) is 5.17. The number of nitrogens with zero attached hydrogens (tertiary/aromatic N) is 2. The first kappa shape index (κ1) is 13.0. The molecule has 0 unspecified atom stereocenters. The molecular weight excluding hydrogens is 272 g/mol. The lowest BCUT2D eigenvalue weighted by molar-refractivity contribution is 0.339. The second-order valence-electron chi connectivity index (χ2n) is 4.63. The molecule has 0 radical (unpaired) electrons. The predicted octanol–water partition coefficient (Wildman–Crippen LogP) is 4.29. The van der Waals surface area contributed by atoms with Crippen LogP contribution in [0.25, 0.3) is 22.2 Å². The molecule has 3 aromatic rings. The highest BCUT2D eigenvalue weighted by atomic mass is 35.5. The van der Waals surface area contributed by atoms with E-state index in [0.717, 1.165) is 32.9 Å². The molecule has 0 atom stereocenters. The fourth-order valence-corrected chi connectivity index (χ4v) is 2.55. The molecule has 1 aromatic carbocycles. The fraction of sp³-hybridized carbons (Fsp3) is 0.188. The average molecular weight is 287 g/mol. The third kappa shape index (κ3) is 2.25. The zero-order valence-corrected chi connectivity index (χ0v) is 12.2. The van der Waals surface area contributed by atoms with Crippen molar-refractivity contribution in [1.29, 1.82) is 0 Å². The first-order valence-corrected chi connectivity index (χ1v) is 6.90. The Morgan fingerprint density at radius 3 is 2.85 bits per heavy atom. The van der Waals surface area contributed by atoms with E-state index in [-0.39, 0.29) is 0 Å². The standard InChI is InChI=1S/C16H15ClN2O/c1-3-20-14-6-12(9-18-10-14)15-7-11-4-5-13(17)8-16(11)19(15)2/h4-10H,3H2,1-2H3. The summed E-state index contributed by atoms with van der Waals surface area (Å²) in [5.41, 5.74) is 3.23. The van der Waals surface area contributed by atoms with Crippen LogP contribution in [0.1, 0.15) is 6.92 Å². The Morgan fingerprint density at radius 2 is 2.05 bits per heavy atom. The average Bonchev–Trinajstić information content (AvgIpc) is 2.77. The molecule has 4 heteroatoms. The van der Waals surface area contributed by atoms with E-state index in [4.69, 9.17) is 16.3 Å². The van der Waals surface area contributed by atoms with Crippen molar-refractivity contribution in [2.24, 2.45) is 7.05 Å². The minimum Gasteiger partial charge on any atom is -0.492 e. The molecule has 0 spiro atoms. The number of hydrogen-bond acceptors (Lipinski definition) is 2. The topological polar surface area (TPSA) is 27.1 Å². The lowest BCUT2D eigenvalue weighted by Gasteiger charge is -2.07. The molecule has 20 heavy (non-hydrogen) atoms. The molecule has 0 amide bonds. The molecular formula is C16H15ClN2O. The summed E-state index contributed by atoms with van der Waals surface area (Å²) in [5, 5.41) is 1.90. The number of halogens is 1. The quantitative estimate of drug-likeness (QED) is 0.718. The lowest BCUT2D eigenvalue weighted by Crippen LogP contribution is -1.95. The Bertz CT molecular complexity index is 764. The molecule has 2 aromatic heterocycles. The normalized spacial score (nSPS) is 10.9. The summed E-state index contributed by atoms with van der Waals surface area (Å²) < 4.78 is 7.63. The highest BCUT2D eigenvalue weighted by molar-refractivity contribution is 6.31. The van der Waals surface area contributed by atoms with Crippen LogP contribution in [0, 0.1) is 0 Å². The van der Waals surface area contributed by atoms with Crippen LogP contribution >= 0.6 is 11.6 Å². The van der Waals surface area contributed by atoms with Gasteiger partial charge in [-0.3, -0.25) is 4.98 Å². The lowest BCUT2D eigenvalue weighted by atomic mass is 10.2. The highest BCUT2D eigenvalue weighted by Crippen LogP contribution is 2.30. The number of benzene rings is 1. The Labute approximate surface area is 122 Å². The molecule has 0 aliphatic rings. The van der Waals surface area contributed by atoms with Crippen molar-refractivity contribution in [2.75, 3.05) is 6.61 Å². The van der Waals surface area contributed by atoms with Crippen molar-refractivity contribution < 1.29 is 4.74 Å². The van der Waals surface area contributed by atoms with E-state index >= 15 is 0 Å². The molecule has 0 saturated heterocycles. The SMILES string of the molecule is CCOc1cncc(-c2cc3ccc(Cl)cc3n2C)c1. The van der Waals surface area contributed by atoms with E-state index in [1.165, 1.54) is 0 Å². The number of rotatable bonds is 3. The molecule has 0 aliphatic carbocycles. The van der Waals surface area contributed by atoms with Crippen molar-refractivity contribution in [3.63, 3.8) is 0 Å². The van der Waals surface area contributed by atoms with Gasteiger partial charge in [-0.05, 0) is 31.2 Å². The third-order valence-corrected chi connectivity index (χ3v) is 3.56. The van der Waals surface area contributed by atoms with Crippen LogP contribution in [0.2, 0.25) is 5.02 Å². The van der Waals surface area contributed by atoms with Crippen LogP contribution in [0.3, 0.4) is 0 Å². The zero-order valence-electron chi connectivity index (χ0n) is 11.4. The molecule has 102 valence electrons. The number of hydrogen-bond donors (Lipinski definition) is 0. The third-order valence-electron chi connectivity index (χ3n) is 3.33. The van der Waals surface area contributed by atoms with Gasteiger partial charge in [0.1, 0.15) is 5.75 Å². The van der Waals surface area contributed by atoms with Crippen LogP contribution in [-0.4, -0.2) is 16.2 Å². The maximum Gasteiger partial charge on any atom is 0.138 e. The first-order chi connectivity index (χ1) is 9.69. The van der Waals surface area contributed by atoms with Gasteiger partial charge in [-0.1, -0.05) is 17.7 Å². The van der Waals surface area contributed by atoms with E-state index in [1.54, 1.807) is 6.20 Å². The summed E-state index contributed by atoms with van der Waals surface area (Å²) in [6, 6.07) is 10.1. The van der Waals surface area contributed by atoms with Gasteiger partial charge in [-0.15, -0.1) is 0 Å². The van der Waals surface area contributed by atoms with E-state index in [0.29, 0.717) is 6.61 Å². The molecule has 0 fully saturated rings. The molecule has 0 aliphatic heterocycles. The maximum atomic E-state index is 6.07. The summed E-state index contributed by atoms with van der Waals surface area (Å²) in [6.45, 7) is 2.60. The van der Waals surface area contributed by atoms with Gasteiger partial charge in [0.05, 0.1) is 18.5 Å². The Hall–Kier alpha value is -2.00. The van der Waals surface area contributed by atoms with Gasteiger partial charge in [0.15, 0.2) is 0 Å². The number of ether oxygens (including phenoxy) is 1. The van der Waals surface area contributed by atoms with Crippen LogP contribution in [0.5, 0.6) is 5.75 Å². The summed E-state index contributed by atoms with van der Waals surface area (Å²) in [5.74, 6) is 0.785. The molecule has 0 N–H and O–H groups in total. The van der Waals surface area contributed by atoms with Crippen molar-refractivity contribution in [3.05, 3.63) is 47.7 Å². The Balaban J connectivity index is 2.14. The molecule has 0 saturated carbocycles. The number of aromatic nitrogens is 2. The fourth-order valence-electron chi connectivity index (χ4n) is 2.38. The van der Waals surface area contributed by atoms with Gasteiger partial charge >= 0.3 is 0 Å². The number of aryl methyl sites for hydroxylation is 1. The van der Waals surface area contributed by atoms with Gasteiger partial charge in [0.25, 0.3) is 0 Å². The summed E-state index contributed by atoms with van der Waals surface area (Å²) in [6.07, 6.45) is 3.57. The van der Waals surface area contributed by atoms with E-state index in [2.05, 4.69) is 15.6 Å². The van der Waals surface area contributed by atoms with Gasteiger partial charge < -0.3 is 9.30 Å². The summed E-state index contributed by atoms with van der Waals surface area (Å²) >= 11 is 6.07. The monoisotopic (exact) mass is 286 g/mol. The molecule has 0 bridgehead atoms. The maximum absolute atomic E-state index is 6.07. The second-order valence-corrected chi connectivity index (χ2v) is 5.07. The van der Waals surface area contributed by atoms with E-state index in [1.807, 2.05) is 44.4 Å². The van der Waals surface area contributed by atoms with Gasteiger partial charge in [0.2, 0.25) is 0 Å². The largest absolute Gasteiger partial charge is 0.492 e. The van der Waals surface area contributed by atoms with Crippen LogP contribution in [-0.2, 0) is 7.05 Å². The van der Waals surface area contributed by atoms with E-state index in [9.17, 15) is 0 Å². The smallest absolute Gasteiger partial charge is 0.138 e. The van der Waals surface area contributed by atoms with Crippen molar-refractivity contribution in [3.8, 4) is 17.0 Å². The molecule has 3 rings (SSSR count). The van der Waals surface area contributed by atoms with Gasteiger partial charge in [0, 0.05) is 34.7 Å². The highest BCUT2D eigenvalue weighted by Gasteiger charge is 2.09. The van der Waals surface area contributed by atoms with Crippen LogP contribution < -0.4 is 4.74 Å².